The van der Waals surface area contributed by atoms with Gasteiger partial charge in [-0.2, -0.15) is 5.26 Å². The first kappa shape index (κ1) is 12.5. The van der Waals surface area contributed by atoms with Crippen molar-refractivity contribution < 1.29 is 9.18 Å². The number of benzene rings is 1. The quantitative estimate of drug-likeness (QED) is 0.835. The van der Waals surface area contributed by atoms with Crippen molar-refractivity contribution >= 4 is 11.6 Å². The van der Waals surface area contributed by atoms with Crippen LogP contribution in [0.2, 0.25) is 0 Å². The van der Waals surface area contributed by atoms with E-state index in [-0.39, 0.29) is 17.4 Å². The average molecular weight is 247 g/mol. The third kappa shape index (κ3) is 2.84. The monoisotopic (exact) mass is 247 g/mol. The molecule has 1 aliphatic rings. The molecule has 0 spiro atoms. The highest BCUT2D eigenvalue weighted by Crippen LogP contribution is 2.18. The minimum Gasteiger partial charge on any atom is -0.325 e. The van der Waals surface area contributed by atoms with Crippen LogP contribution in [0.15, 0.2) is 18.2 Å². The number of hydrogen-bond donors (Lipinski definition) is 2. The third-order valence-corrected chi connectivity index (χ3v) is 3.03. The molecule has 0 unspecified atom stereocenters. The van der Waals surface area contributed by atoms with Crippen molar-refractivity contribution in [3.63, 3.8) is 0 Å². The Morgan fingerprint density at radius 1 is 1.56 bits per heavy atom. The second-order valence-corrected chi connectivity index (χ2v) is 4.33. The number of rotatable bonds is 2. The van der Waals surface area contributed by atoms with Gasteiger partial charge in [0.05, 0.1) is 17.2 Å². The molecule has 4 nitrogen and oxygen atoms in total. The van der Waals surface area contributed by atoms with Crippen LogP contribution in [0.5, 0.6) is 0 Å². The predicted octanol–water partition coefficient (Wildman–Crippen LogP) is 1.64. The number of amides is 1. The van der Waals surface area contributed by atoms with E-state index in [9.17, 15) is 9.18 Å². The van der Waals surface area contributed by atoms with E-state index in [4.69, 9.17) is 5.26 Å². The van der Waals surface area contributed by atoms with E-state index in [0.29, 0.717) is 12.2 Å². The van der Waals surface area contributed by atoms with Gasteiger partial charge >= 0.3 is 0 Å². The minimum atomic E-state index is -0.483. The Labute approximate surface area is 105 Å². The first-order valence-electron chi connectivity index (χ1n) is 5.92. The van der Waals surface area contributed by atoms with Gasteiger partial charge in [-0.3, -0.25) is 4.79 Å². The SMILES string of the molecule is N#Cc1cc(F)ccc1NC(=O)[C@@H]1CCCNC1. The van der Waals surface area contributed by atoms with Crippen LogP contribution in [-0.4, -0.2) is 19.0 Å². The topological polar surface area (TPSA) is 64.9 Å². The molecule has 0 aliphatic carbocycles. The standard InChI is InChI=1S/C13H14FN3O/c14-11-3-4-12(10(6-11)7-15)17-13(18)9-2-1-5-16-8-9/h3-4,6,9,16H,1-2,5,8H2,(H,17,18)/t9-/m1/s1. The lowest BCUT2D eigenvalue weighted by Gasteiger charge is -2.22. The molecule has 5 heteroatoms. The molecular formula is C13H14FN3O. The van der Waals surface area contributed by atoms with Crippen LogP contribution in [0.25, 0.3) is 0 Å². The lowest BCUT2D eigenvalue weighted by Crippen LogP contribution is -2.37. The van der Waals surface area contributed by atoms with E-state index in [1.807, 2.05) is 6.07 Å². The number of anilines is 1. The van der Waals surface area contributed by atoms with Crippen LogP contribution >= 0.6 is 0 Å². The van der Waals surface area contributed by atoms with Gasteiger partial charge < -0.3 is 10.6 Å². The molecule has 2 N–H and O–H groups in total. The van der Waals surface area contributed by atoms with Crippen LogP contribution in [0.4, 0.5) is 10.1 Å². The van der Waals surface area contributed by atoms with Gasteiger partial charge in [-0.25, -0.2) is 4.39 Å². The van der Waals surface area contributed by atoms with Crippen LogP contribution in [0, 0.1) is 23.1 Å². The van der Waals surface area contributed by atoms with Gasteiger partial charge in [0.1, 0.15) is 11.9 Å². The summed E-state index contributed by atoms with van der Waals surface area (Å²) in [7, 11) is 0. The summed E-state index contributed by atoms with van der Waals surface area (Å²) in [5.74, 6) is -0.690. The molecule has 0 aromatic heterocycles. The fraction of sp³-hybridized carbons (Fsp3) is 0.385. The summed E-state index contributed by atoms with van der Waals surface area (Å²) in [6.45, 7) is 1.58. The van der Waals surface area contributed by atoms with Crippen molar-refractivity contribution in [2.24, 2.45) is 5.92 Å². The number of carbonyl (C=O) groups is 1. The molecule has 1 aliphatic heterocycles. The molecule has 2 rings (SSSR count). The first-order valence-corrected chi connectivity index (χ1v) is 5.92. The number of hydrogen-bond acceptors (Lipinski definition) is 3. The molecule has 0 radical (unpaired) electrons. The normalized spacial score (nSPS) is 19.0. The zero-order valence-electron chi connectivity index (χ0n) is 9.87. The minimum absolute atomic E-state index is 0.0876. The molecule has 1 atom stereocenters. The molecule has 18 heavy (non-hydrogen) atoms. The molecule has 94 valence electrons. The Hall–Kier alpha value is -1.93. The van der Waals surface area contributed by atoms with Gasteiger partial charge in [0.25, 0.3) is 0 Å². The van der Waals surface area contributed by atoms with Gasteiger partial charge in [-0.15, -0.1) is 0 Å². The number of piperidine rings is 1. The maximum atomic E-state index is 13.0. The zero-order chi connectivity index (χ0) is 13.0. The largest absolute Gasteiger partial charge is 0.325 e. The van der Waals surface area contributed by atoms with Crippen LogP contribution in [-0.2, 0) is 4.79 Å². The van der Waals surface area contributed by atoms with Crippen LogP contribution < -0.4 is 10.6 Å². The van der Waals surface area contributed by atoms with Crippen molar-refractivity contribution in [2.75, 3.05) is 18.4 Å². The molecular weight excluding hydrogens is 233 g/mol. The average Bonchev–Trinajstić information content (AvgIpc) is 2.41. The third-order valence-electron chi connectivity index (χ3n) is 3.03. The molecule has 1 saturated heterocycles. The van der Waals surface area contributed by atoms with E-state index in [2.05, 4.69) is 10.6 Å². The number of carbonyl (C=O) groups excluding carboxylic acids is 1. The summed E-state index contributed by atoms with van der Waals surface area (Å²) in [6.07, 6.45) is 1.80. The highest BCUT2D eigenvalue weighted by atomic mass is 19.1. The smallest absolute Gasteiger partial charge is 0.228 e. The van der Waals surface area contributed by atoms with Gasteiger partial charge in [-0.1, -0.05) is 0 Å². The van der Waals surface area contributed by atoms with Gasteiger partial charge in [0.15, 0.2) is 0 Å². The Morgan fingerprint density at radius 3 is 3.06 bits per heavy atom. The lowest BCUT2D eigenvalue weighted by atomic mass is 9.98. The Morgan fingerprint density at radius 2 is 2.39 bits per heavy atom. The van der Waals surface area contributed by atoms with E-state index >= 15 is 0 Å². The summed E-state index contributed by atoms with van der Waals surface area (Å²) in [5, 5.41) is 14.7. The number of halogens is 1. The fourth-order valence-electron chi connectivity index (χ4n) is 2.03. The van der Waals surface area contributed by atoms with E-state index in [0.717, 1.165) is 25.5 Å². The molecule has 0 saturated carbocycles. The van der Waals surface area contributed by atoms with E-state index in [1.165, 1.54) is 12.1 Å². The molecule has 1 aromatic carbocycles. The number of nitrogens with one attached hydrogen (secondary N) is 2. The summed E-state index contributed by atoms with van der Waals surface area (Å²) in [4.78, 5) is 12.0. The second kappa shape index (κ2) is 5.61. The van der Waals surface area contributed by atoms with Crippen molar-refractivity contribution in [3.8, 4) is 6.07 Å². The first-order chi connectivity index (χ1) is 8.70. The van der Waals surface area contributed by atoms with Crippen LogP contribution in [0.1, 0.15) is 18.4 Å². The molecule has 1 fully saturated rings. The maximum Gasteiger partial charge on any atom is 0.228 e. The Kier molecular flexibility index (Phi) is 3.90. The fourth-order valence-corrected chi connectivity index (χ4v) is 2.03. The summed E-state index contributed by atoms with van der Waals surface area (Å²) < 4.78 is 13.0. The molecule has 1 aromatic rings. The van der Waals surface area contributed by atoms with Gasteiger partial charge in [0.2, 0.25) is 5.91 Å². The summed E-state index contributed by atoms with van der Waals surface area (Å²) >= 11 is 0. The van der Waals surface area contributed by atoms with Crippen molar-refractivity contribution in [3.05, 3.63) is 29.6 Å². The Balaban J connectivity index is 2.09. The van der Waals surface area contributed by atoms with E-state index in [1.54, 1.807) is 0 Å². The van der Waals surface area contributed by atoms with Crippen molar-refractivity contribution in [1.29, 1.82) is 5.26 Å². The zero-order valence-corrected chi connectivity index (χ0v) is 9.87. The van der Waals surface area contributed by atoms with Crippen LogP contribution in [0.3, 0.4) is 0 Å². The van der Waals surface area contributed by atoms with E-state index < -0.39 is 5.82 Å². The molecule has 1 amide bonds. The van der Waals surface area contributed by atoms with Crippen molar-refractivity contribution in [2.45, 2.75) is 12.8 Å². The number of nitrogens with zero attached hydrogens (tertiary/aromatic N) is 1. The molecule has 0 bridgehead atoms. The summed E-state index contributed by atoms with van der Waals surface area (Å²) in [6, 6.07) is 5.64. The van der Waals surface area contributed by atoms with Gasteiger partial charge in [0, 0.05) is 6.54 Å². The lowest BCUT2D eigenvalue weighted by molar-refractivity contribution is -0.120. The summed E-state index contributed by atoms with van der Waals surface area (Å²) in [5.41, 5.74) is 0.515. The number of nitriles is 1. The van der Waals surface area contributed by atoms with Gasteiger partial charge in [-0.05, 0) is 37.6 Å². The predicted molar refractivity (Wildman–Crippen MR) is 65.3 cm³/mol. The van der Waals surface area contributed by atoms with Crippen molar-refractivity contribution in [1.82, 2.24) is 5.32 Å². The molecule has 1 heterocycles. The Bertz CT molecular complexity index is 489. The maximum absolute atomic E-state index is 13.0. The second-order valence-electron chi connectivity index (χ2n) is 4.33. The highest BCUT2D eigenvalue weighted by Gasteiger charge is 2.21. The highest BCUT2D eigenvalue weighted by molar-refractivity contribution is 5.94.